The highest BCUT2D eigenvalue weighted by Crippen LogP contribution is 2.18. The van der Waals surface area contributed by atoms with E-state index in [0.29, 0.717) is 5.41 Å². The molecule has 0 saturated carbocycles. The van der Waals surface area contributed by atoms with Crippen LogP contribution < -0.4 is 5.73 Å². The largest absolute Gasteiger partial charge is 0.330 e. The van der Waals surface area contributed by atoms with Gasteiger partial charge in [0.2, 0.25) is 0 Å². The van der Waals surface area contributed by atoms with E-state index in [1.54, 1.807) is 0 Å². The third-order valence-electron chi connectivity index (χ3n) is 2.30. The quantitative estimate of drug-likeness (QED) is 0.688. The first-order valence-electron chi connectivity index (χ1n) is 5.42. The minimum Gasteiger partial charge on any atom is -0.330 e. The maximum Gasteiger partial charge on any atom is -0.000683 e. The number of nitrogens with zero attached hydrogens (tertiary/aromatic N) is 1. The molecule has 2 nitrogen and oxygen atoms in total. The summed E-state index contributed by atoms with van der Waals surface area (Å²) in [6, 6.07) is 0. The first-order valence-corrected chi connectivity index (χ1v) is 5.42. The molecular weight excluding hydrogens is 160 g/mol. The Morgan fingerprint density at radius 3 is 2.15 bits per heavy atom. The van der Waals surface area contributed by atoms with E-state index in [1.165, 1.54) is 13.0 Å². The highest BCUT2D eigenvalue weighted by molar-refractivity contribution is 4.65. The Balaban J connectivity index is 3.59. The summed E-state index contributed by atoms with van der Waals surface area (Å²) in [4.78, 5) is 2.48. The average molecular weight is 186 g/mol. The van der Waals surface area contributed by atoms with Gasteiger partial charge in [0.15, 0.2) is 0 Å². The average Bonchev–Trinajstić information content (AvgIpc) is 2.03. The second-order valence-corrected chi connectivity index (χ2v) is 4.89. The second-order valence-electron chi connectivity index (χ2n) is 4.89. The summed E-state index contributed by atoms with van der Waals surface area (Å²) < 4.78 is 0. The van der Waals surface area contributed by atoms with Gasteiger partial charge < -0.3 is 10.6 Å². The fourth-order valence-electron chi connectivity index (χ4n) is 1.24. The van der Waals surface area contributed by atoms with Crippen molar-refractivity contribution in [2.75, 3.05) is 26.2 Å². The Kier molecular flexibility index (Phi) is 6.35. The number of hydrogen-bond donors (Lipinski definition) is 1. The van der Waals surface area contributed by atoms with Crippen LogP contribution >= 0.6 is 0 Å². The van der Waals surface area contributed by atoms with Crippen molar-refractivity contribution in [1.29, 1.82) is 0 Å². The van der Waals surface area contributed by atoms with E-state index in [4.69, 9.17) is 5.73 Å². The molecule has 2 heteroatoms. The van der Waals surface area contributed by atoms with E-state index in [1.807, 2.05) is 0 Å². The molecule has 0 atom stereocenters. The van der Waals surface area contributed by atoms with E-state index in [9.17, 15) is 0 Å². The van der Waals surface area contributed by atoms with E-state index >= 15 is 0 Å². The number of nitrogens with two attached hydrogens (primary N) is 1. The zero-order valence-corrected chi connectivity index (χ0v) is 9.77. The van der Waals surface area contributed by atoms with Gasteiger partial charge in [-0.3, -0.25) is 0 Å². The van der Waals surface area contributed by atoms with Crippen LogP contribution in [-0.2, 0) is 0 Å². The lowest BCUT2D eigenvalue weighted by molar-refractivity contribution is 0.235. The van der Waals surface area contributed by atoms with Gasteiger partial charge in [0.25, 0.3) is 0 Å². The molecule has 13 heavy (non-hydrogen) atoms. The van der Waals surface area contributed by atoms with Crippen LogP contribution in [0.5, 0.6) is 0 Å². The summed E-state index contributed by atoms with van der Waals surface area (Å²) in [7, 11) is 0. The summed E-state index contributed by atoms with van der Waals surface area (Å²) in [5.74, 6) is 0. The maximum absolute atomic E-state index is 5.49. The molecule has 0 radical (unpaired) electrons. The minimum atomic E-state index is 0.454. The van der Waals surface area contributed by atoms with Crippen LogP contribution in [0.3, 0.4) is 0 Å². The first kappa shape index (κ1) is 12.9. The third-order valence-corrected chi connectivity index (χ3v) is 2.30. The van der Waals surface area contributed by atoms with Gasteiger partial charge in [-0.05, 0) is 44.4 Å². The van der Waals surface area contributed by atoms with E-state index in [-0.39, 0.29) is 0 Å². The lowest BCUT2D eigenvalue weighted by atomic mass is 9.92. The van der Waals surface area contributed by atoms with Gasteiger partial charge in [-0.15, -0.1) is 0 Å². The van der Waals surface area contributed by atoms with Gasteiger partial charge in [0.05, 0.1) is 0 Å². The first-order chi connectivity index (χ1) is 5.99. The summed E-state index contributed by atoms with van der Waals surface area (Å²) in [5.41, 5.74) is 5.94. The lowest BCUT2D eigenvalue weighted by Gasteiger charge is -2.25. The minimum absolute atomic E-state index is 0.454. The van der Waals surface area contributed by atoms with E-state index in [0.717, 1.165) is 26.1 Å². The zero-order valence-electron chi connectivity index (χ0n) is 9.77. The highest BCUT2D eigenvalue weighted by atomic mass is 15.1. The Bertz CT molecular complexity index is 116. The van der Waals surface area contributed by atoms with Crippen molar-refractivity contribution in [3.63, 3.8) is 0 Å². The molecule has 0 aromatic carbocycles. The Morgan fingerprint density at radius 1 is 1.15 bits per heavy atom. The van der Waals surface area contributed by atoms with Gasteiger partial charge in [-0.25, -0.2) is 0 Å². The van der Waals surface area contributed by atoms with Gasteiger partial charge in [0, 0.05) is 0 Å². The van der Waals surface area contributed by atoms with Crippen LogP contribution in [0.1, 0.15) is 40.5 Å². The Hall–Kier alpha value is -0.0800. The summed E-state index contributed by atoms with van der Waals surface area (Å²) in [5, 5.41) is 0. The van der Waals surface area contributed by atoms with E-state index in [2.05, 4.69) is 32.6 Å². The fraction of sp³-hybridized carbons (Fsp3) is 1.00. The van der Waals surface area contributed by atoms with Crippen LogP contribution in [0.25, 0.3) is 0 Å². The number of rotatable bonds is 6. The summed E-state index contributed by atoms with van der Waals surface area (Å²) >= 11 is 0. The molecule has 0 amide bonds. The van der Waals surface area contributed by atoms with Crippen molar-refractivity contribution in [2.24, 2.45) is 11.1 Å². The van der Waals surface area contributed by atoms with Crippen molar-refractivity contribution < 1.29 is 0 Å². The van der Waals surface area contributed by atoms with Gasteiger partial charge in [-0.2, -0.15) is 0 Å². The standard InChI is InChI=1S/C11H26N2/c1-5-13(9-6-8-12)10-7-11(2,3)4/h5-10,12H2,1-4H3. The molecule has 0 heterocycles. The van der Waals surface area contributed by atoms with E-state index < -0.39 is 0 Å². The van der Waals surface area contributed by atoms with Crippen molar-refractivity contribution in [2.45, 2.75) is 40.5 Å². The lowest BCUT2D eigenvalue weighted by Crippen LogP contribution is -2.29. The Morgan fingerprint density at radius 2 is 1.77 bits per heavy atom. The normalized spacial score (nSPS) is 12.5. The maximum atomic E-state index is 5.49. The fourth-order valence-corrected chi connectivity index (χ4v) is 1.24. The molecule has 2 N–H and O–H groups in total. The molecule has 0 aliphatic carbocycles. The predicted molar refractivity (Wildman–Crippen MR) is 59.9 cm³/mol. The molecule has 0 spiro atoms. The van der Waals surface area contributed by atoms with Crippen LogP contribution in [0, 0.1) is 5.41 Å². The summed E-state index contributed by atoms with van der Waals surface area (Å²) in [6.45, 7) is 13.4. The van der Waals surface area contributed by atoms with Crippen LogP contribution in [0.15, 0.2) is 0 Å². The molecule has 0 aromatic rings. The predicted octanol–water partition coefficient (Wildman–Crippen LogP) is 2.09. The molecule has 0 aliphatic heterocycles. The number of hydrogen-bond acceptors (Lipinski definition) is 2. The third kappa shape index (κ3) is 8.26. The van der Waals surface area contributed by atoms with Crippen LogP contribution in [0.2, 0.25) is 0 Å². The Labute approximate surface area is 83.5 Å². The van der Waals surface area contributed by atoms with Crippen molar-refractivity contribution >= 4 is 0 Å². The molecule has 0 aliphatic rings. The molecule has 0 fully saturated rings. The highest BCUT2D eigenvalue weighted by Gasteiger charge is 2.11. The molecule has 0 bridgehead atoms. The van der Waals surface area contributed by atoms with Crippen molar-refractivity contribution in [3.05, 3.63) is 0 Å². The smallest absolute Gasteiger partial charge is 0.000683 e. The molecule has 0 unspecified atom stereocenters. The van der Waals surface area contributed by atoms with Crippen LogP contribution in [0.4, 0.5) is 0 Å². The van der Waals surface area contributed by atoms with Crippen molar-refractivity contribution in [1.82, 2.24) is 4.90 Å². The molecule has 80 valence electrons. The van der Waals surface area contributed by atoms with Crippen LogP contribution in [-0.4, -0.2) is 31.1 Å². The molecule has 0 aromatic heterocycles. The van der Waals surface area contributed by atoms with Crippen molar-refractivity contribution in [3.8, 4) is 0 Å². The summed E-state index contributed by atoms with van der Waals surface area (Å²) in [6.07, 6.45) is 2.39. The molecule has 0 saturated heterocycles. The zero-order chi connectivity index (χ0) is 10.3. The van der Waals surface area contributed by atoms with Gasteiger partial charge in [-0.1, -0.05) is 27.7 Å². The molecule has 0 rings (SSSR count). The molecular formula is C11H26N2. The topological polar surface area (TPSA) is 29.3 Å². The second kappa shape index (κ2) is 6.39. The van der Waals surface area contributed by atoms with Gasteiger partial charge >= 0.3 is 0 Å². The SMILES string of the molecule is CCN(CCCN)CCC(C)(C)C. The van der Waals surface area contributed by atoms with Gasteiger partial charge in [0.1, 0.15) is 0 Å². The monoisotopic (exact) mass is 186 g/mol.